The number of ether oxygens (including phenoxy) is 1. The SMILES string of the molecule is CS/C(=N\CCCOc1ccc2ccncc2c1)NC#N. The van der Waals surface area contributed by atoms with Crippen molar-refractivity contribution in [1.29, 1.82) is 5.26 Å². The van der Waals surface area contributed by atoms with Gasteiger partial charge in [0.25, 0.3) is 0 Å². The lowest BCUT2D eigenvalue weighted by atomic mass is 10.2. The summed E-state index contributed by atoms with van der Waals surface area (Å²) >= 11 is 1.42. The Morgan fingerprint density at radius 1 is 1.43 bits per heavy atom. The number of amidine groups is 1. The smallest absolute Gasteiger partial charge is 0.183 e. The topological polar surface area (TPSA) is 70.3 Å². The Balaban J connectivity index is 1.81. The first kappa shape index (κ1) is 15.1. The van der Waals surface area contributed by atoms with E-state index in [1.165, 1.54) is 11.8 Å². The predicted molar refractivity (Wildman–Crippen MR) is 86.4 cm³/mol. The van der Waals surface area contributed by atoms with Crippen molar-refractivity contribution in [1.82, 2.24) is 10.3 Å². The van der Waals surface area contributed by atoms with Gasteiger partial charge in [0.05, 0.1) is 6.61 Å². The molecule has 0 spiro atoms. The van der Waals surface area contributed by atoms with Gasteiger partial charge < -0.3 is 4.74 Å². The molecule has 0 unspecified atom stereocenters. The van der Waals surface area contributed by atoms with Crippen LogP contribution in [-0.4, -0.2) is 29.6 Å². The van der Waals surface area contributed by atoms with Crippen molar-refractivity contribution in [3.05, 3.63) is 36.7 Å². The van der Waals surface area contributed by atoms with Gasteiger partial charge in [-0.2, -0.15) is 5.26 Å². The lowest BCUT2D eigenvalue weighted by Crippen LogP contribution is -2.14. The molecule has 1 N–H and O–H groups in total. The zero-order valence-electron chi connectivity index (χ0n) is 11.7. The van der Waals surface area contributed by atoms with E-state index in [0.717, 1.165) is 22.9 Å². The Labute approximate surface area is 128 Å². The second-order valence-corrected chi connectivity index (χ2v) is 5.01. The zero-order valence-corrected chi connectivity index (χ0v) is 12.6. The van der Waals surface area contributed by atoms with Gasteiger partial charge in [-0.3, -0.25) is 15.3 Å². The Bertz CT molecular complexity index is 666. The van der Waals surface area contributed by atoms with Gasteiger partial charge >= 0.3 is 0 Å². The fraction of sp³-hybridized carbons (Fsp3) is 0.267. The van der Waals surface area contributed by atoms with Crippen LogP contribution in [0.5, 0.6) is 5.75 Å². The van der Waals surface area contributed by atoms with Gasteiger partial charge in [0.15, 0.2) is 11.4 Å². The summed E-state index contributed by atoms with van der Waals surface area (Å²) in [5, 5.41) is 13.9. The standard InChI is InChI=1S/C15H16N4OS/c1-21-15(19-11-16)18-6-2-8-20-14-4-3-12-5-7-17-10-13(12)9-14/h3-5,7,9-10H,2,6,8H2,1H3,(H,18,19). The van der Waals surface area contributed by atoms with Crippen molar-refractivity contribution in [2.24, 2.45) is 4.99 Å². The molecule has 21 heavy (non-hydrogen) atoms. The highest BCUT2D eigenvalue weighted by molar-refractivity contribution is 8.13. The van der Waals surface area contributed by atoms with E-state index in [0.29, 0.717) is 18.3 Å². The molecule has 5 nitrogen and oxygen atoms in total. The minimum absolute atomic E-state index is 0.587. The van der Waals surface area contributed by atoms with Gasteiger partial charge in [-0.15, -0.1) is 0 Å². The average molecular weight is 300 g/mol. The number of rotatable bonds is 5. The third kappa shape index (κ3) is 4.65. The summed E-state index contributed by atoms with van der Waals surface area (Å²) in [6.45, 7) is 1.21. The quantitative estimate of drug-likeness (QED) is 0.302. The summed E-state index contributed by atoms with van der Waals surface area (Å²) in [5.74, 6) is 0.833. The third-order valence-electron chi connectivity index (χ3n) is 2.79. The first-order chi connectivity index (χ1) is 10.3. The summed E-state index contributed by atoms with van der Waals surface area (Å²) < 4.78 is 5.70. The number of hydrogen-bond acceptors (Lipinski definition) is 5. The summed E-state index contributed by atoms with van der Waals surface area (Å²) in [5.41, 5.74) is 0. The second kappa shape index (κ2) is 8.12. The number of nitriles is 1. The van der Waals surface area contributed by atoms with E-state index in [1.54, 1.807) is 6.20 Å². The van der Waals surface area contributed by atoms with Crippen LogP contribution in [-0.2, 0) is 0 Å². The highest BCUT2D eigenvalue weighted by Gasteiger charge is 1.98. The fourth-order valence-electron chi connectivity index (χ4n) is 1.79. The van der Waals surface area contributed by atoms with E-state index >= 15 is 0 Å². The van der Waals surface area contributed by atoms with Crippen LogP contribution in [0, 0.1) is 11.5 Å². The molecular formula is C15H16N4OS. The molecule has 0 fully saturated rings. The van der Waals surface area contributed by atoms with Gasteiger partial charge in [0, 0.05) is 30.7 Å². The Morgan fingerprint density at radius 2 is 2.33 bits per heavy atom. The first-order valence-electron chi connectivity index (χ1n) is 6.53. The van der Waals surface area contributed by atoms with Crippen LogP contribution in [0.1, 0.15) is 6.42 Å². The van der Waals surface area contributed by atoms with E-state index in [9.17, 15) is 0 Å². The number of aliphatic imine (C=N–C) groups is 1. The number of hydrogen-bond donors (Lipinski definition) is 1. The van der Waals surface area contributed by atoms with Crippen molar-refractivity contribution in [3.8, 4) is 11.9 Å². The van der Waals surface area contributed by atoms with Crippen LogP contribution < -0.4 is 10.1 Å². The molecule has 0 radical (unpaired) electrons. The predicted octanol–water partition coefficient (Wildman–Crippen LogP) is 2.79. The highest BCUT2D eigenvalue weighted by Crippen LogP contribution is 2.19. The van der Waals surface area contributed by atoms with Gasteiger partial charge in [0.1, 0.15) is 5.75 Å². The minimum atomic E-state index is 0.587. The van der Waals surface area contributed by atoms with E-state index in [1.807, 2.05) is 42.9 Å². The molecule has 0 aliphatic rings. The van der Waals surface area contributed by atoms with Gasteiger partial charge in [-0.25, -0.2) is 0 Å². The second-order valence-electron chi connectivity index (χ2n) is 4.21. The largest absolute Gasteiger partial charge is 0.494 e. The van der Waals surface area contributed by atoms with Crippen LogP contribution in [0.2, 0.25) is 0 Å². The lowest BCUT2D eigenvalue weighted by molar-refractivity contribution is 0.314. The van der Waals surface area contributed by atoms with Crippen LogP contribution >= 0.6 is 11.8 Å². The maximum Gasteiger partial charge on any atom is 0.183 e. The molecule has 0 saturated carbocycles. The number of thioether (sulfide) groups is 1. The average Bonchev–Trinajstić information content (AvgIpc) is 2.53. The number of benzene rings is 1. The van der Waals surface area contributed by atoms with E-state index in [-0.39, 0.29) is 0 Å². The van der Waals surface area contributed by atoms with Crippen molar-refractivity contribution >= 4 is 27.7 Å². The molecule has 1 aromatic heterocycles. The van der Waals surface area contributed by atoms with E-state index in [4.69, 9.17) is 10.00 Å². The minimum Gasteiger partial charge on any atom is -0.494 e. The van der Waals surface area contributed by atoms with Gasteiger partial charge in [0.2, 0.25) is 0 Å². The van der Waals surface area contributed by atoms with Crippen LogP contribution in [0.3, 0.4) is 0 Å². The Morgan fingerprint density at radius 3 is 3.14 bits per heavy atom. The molecule has 0 aliphatic carbocycles. The normalized spacial score (nSPS) is 11.1. The Kier molecular flexibility index (Phi) is 5.85. The molecule has 6 heteroatoms. The number of nitrogens with one attached hydrogen (secondary N) is 1. The summed E-state index contributed by atoms with van der Waals surface area (Å²) in [6, 6.07) is 7.93. The Hall–Kier alpha value is -2.26. The van der Waals surface area contributed by atoms with E-state index < -0.39 is 0 Å². The summed E-state index contributed by atoms with van der Waals surface area (Å²) in [6.07, 6.45) is 8.14. The van der Waals surface area contributed by atoms with Crippen molar-refractivity contribution in [3.63, 3.8) is 0 Å². The molecule has 108 valence electrons. The number of pyridine rings is 1. The molecule has 1 heterocycles. The highest BCUT2D eigenvalue weighted by atomic mass is 32.2. The van der Waals surface area contributed by atoms with Crippen LogP contribution in [0.25, 0.3) is 10.8 Å². The van der Waals surface area contributed by atoms with Crippen LogP contribution in [0.4, 0.5) is 0 Å². The molecule has 0 aliphatic heterocycles. The van der Waals surface area contributed by atoms with Crippen molar-refractivity contribution in [2.75, 3.05) is 19.4 Å². The third-order valence-corrected chi connectivity index (χ3v) is 3.41. The molecule has 1 aromatic carbocycles. The van der Waals surface area contributed by atoms with Crippen LogP contribution in [0.15, 0.2) is 41.7 Å². The maximum absolute atomic E-state index is 8.52. The van der Waals surface area contributed by atoms with Crippen molar-refractivity contribution < 1.29 is 4.74 Å². The molecular weight excluding hydrogens is 284 g/mol. The van der Waals surface area contributed by atoms with E-state index in [2.05, 4.69) is 15.3 Å². The maximum atomic E-state index is 8.52. The number of nitrogens with zero attached hydrogens (tertiary/aromatic N) is 3. The van der Waals surface area contributed by atoms with Crippen molar-refractivity contribution in [2.45, 2.75) is 6.42 Å². The molecule has 0 bridgehead atoms. The fourth-order valence-corrected chi connectivity index (χ4v) is 2.16. The molecule has 0 amide bonds. The zero-order chi connectivity index (χ0) is 14.9. The lowest BCUT2D eigenvalue weighted by Gasteiger charge is -2.06. The molecule has 2 rings (SSSR count). The molecule has 0 saturated heterocycles. The number of aromatic nitrogens is 1. The first-order valence-corrected chi connectivity index (χ1v) is 7.76. The number of fused-ring (bicyclic) bond motifs is 1. The molecule has 0 atom stereocenters. The van der Waals surface area contributed by atoms with Gasteiger partial charge in [-0.1, -0.05) is 17.8 Å². The summed E-state index contributed by atoms with van der Waals surface area (Å²) in [4.78, 5) is 8.37. The molecule has 2 aromatic rings. The monoisotopic (exact) mass is 300 g/mol. The summed E-state index contributed by atoms with van der Waals surface area (Å²) in [7, 11) is 0. The van der Waals surface area contributed by atoms with Gasteiger partial charge in [-0.05, 0) is 29.8 Å².